The van der Waals surface area contributed by atoms with Gasteiger partial charge < -0.3 is 20.3 Å². The lowest BCUT2D eigenvalue weighted by atomic mass is 9.86. The van der Waals surface area contributed by atoms with Crippen molar-refractivity contribution in [3.63, 3.8) is 0 Å². The van der Waals surface area contributed by atoms with E-state index in [9.17, 15) is 14.7 Å². The maximum absolute atomic E-state index is 12.3. The van der Waals surface area contributed by atoms with Gasteiger partial charge in [0.05, 0.1) is 6.10 Å². The normalized spacial score (nSPS) is 20.5. The van der Waals surface area contributed by atoms with Crippen LogP contribution in [0.2, 0.25) is 0 Å². The summed E-state index contributed by atoms with van der Waals surface area (Å²) in [4.78, 5) is 23.0. The van der Waals surface area contributed by atoms with Gasteiger partial charge >= 0.3 is 5.97 Å². The zero-order valence-corrected chi connectivity index (χ0v) is 14.2. The molecule has 0 spiro atoms. The molecule has 1 saturated carbocycles. The molecular formula is C18H25NO5. The van der Waals surface area contributed by atoms with E-state index in [-0.39, 0.29) is 17.9 Å². The number of hydrogen-bond donors (Lipinski definition) is 3. The summed E-state index contributed by atoms with van der Waals surface area (Å²) in [5, 5.41) is 21.6. The zero-order chi connectivity index (χ0) is 17.7. The third kappa shape index (κ3) is 4.71. The zero-order valence-electron chi connectivity index (χ0n) is 14.2. The van der Waals surface area contributed by atoms with Gasteiger partial charge in [-0.15, -0.1) is 0 Å². The van der Waals surface area contributed by atoms with Crippen molar-refractivity contribution in [2.24, 2.45) is 5.92 Å². The van der Waals surface area contributed by atoms with Crippen LogP contribution in [0.5, 0.6) is 5.75 Å². The van der Waals surface area contributed by atoms with Crippen molar-refractivity contribution in [3.8, 4) is 5.75 Å². The lowest BCUT2D eigenvalue weighted by molar-refractivity contribution is -0.139. The smallest absolute Gasteiger partial charge is 0.341 e. The average molecular weight is 335 g/mol. The Bertz CT molecular complexity index is 590. The number of aryl methyl sites for hydroxylation is 2. The average Bonchev–Trinajstić information content (AvgIpc) is 2.52. The van der Waals surface area contributed by atoms with E-state index >= 15 is 0 Å². The molecule has 0 bridgehead atoms. The van der Waals surface area contributed by atoms with E-state index in [1.54, 1.807) is 26.0 Å². The van der Waals surface area contributed by atoms with E-state index in [2.05, 4.69) is 5.32 Å². The lowest BCUT2D eigenvalue weighted by Gasteiger charge is -2.27. The summed E-state index contributed by atoms with van der Waals surface area (Å²) in [6.07, 6.45) is 3.53. The molecule has 1 fully saturated rings. The number of ether oxygens (including phenoxy) is 1. The second-order valence-corrected chi connectivity index (χ2v) is 6.44. The van der Waals surface area contributed by atoms with Crippen LogP contribution in [-0.2, 0) is 4.79 Å². The predicted molar refractivity (Wildman–Crippen MR) is 89.3 cm³/mol. The molecule has 6 nitrogen and oxygen atoms in total. The van der Waals surface area contributed by atoms with Crippen LogP contribution in [0.1, 0.15) is 47.2 Å². The van der Waals surface area contributed by atoms with Gasteiger partial charge in [0.2, 0.25) is 0 Å². The molecule has 0 saturated heterocycles. The van der Waals surface area contributed by atoms with Crippen LogP contribution in [0.3, 0.4) is 0 Å². The van der Waals surface area contributed by atoms with Gasteiger partial charge in [0.15, 0.2) is 6.61 Å². The number of carbonyl (C=O) groups is 2. The van der Waals surface area contributed by atoms with Crippen LogP contribution in [0.4, 0.5) is 0 Å². The Balaban J connectivity index is 2.00. The summed E-state index contributed by atoms with van der Waals surface area (Å²) < 4.78 is 5.27. The topological polar surface area (TPSA) is 95.9 Å². The molecule has 0 unspecified atom stereocenters. The highest BCUT2D eigenvalue weighted by atomic mass is 16.5. The van der Waals surface area contributed by atoms with E-state index in [4.69, 9.17) is 9.84 Å². The third-order valence-electron chi connectivity index (χ3n) is 4.46. The van der Waals surface area contributed by atoms with Crippen molar-refractivity contribution < 1.29 is 24.5 Å². The van der Waals surface area contributed by atoms with Crippen LogP contribution in [0.25, 0.3) is 0 Å². The monoisotopic (exact) mass is 335 g/mol. The Kier molecular flexibility index (Phi) is 6.20. The summed E-state index contributed by atoms with van der Waals surface area (Å²) >= 11 is 0. The highest BCUT2D eigenvalue weighted by Gasteiger charge is 2.23. The Hall–Kier alpha value is -2.08. The first kappa shape index (κ1) is 18.3. The van der Waals surface area contributed by atoms with Gasteiger partial charge in [0, 0.05) is 18.0 Å². The number of aliphatic carboxylic acids is 1. The molecule has 1 aromatic carbocycles. The van der Waals surface area contributed by atoms with Crippen molar-refractivity contribution in [1.29, 1.82) is 0 Å². The number of hydrogen-bond acceptors (Lipinski definition) is 4. The Labute approximate surface area is 141 Å². The first-order chi connectivity index (χ1) is 11.4. The Morgan fingerprint density at radius 1 is 1.21 bits per heavy atom. The van der Waals surface area contributed by atoms with Crippen molar-refractivity contribution >= 4 is 11.9 Å². The summed E-state index contributed by atoms with van der Waals surface area (Å²) in [5.74, 6) is -0.620. The fourth-order valence-corrected chi connectivity index (χ4v) is 3.19. The van der Waals surface area contributed by atoms with Crippen LogP contribution in [-0.4, -0.2) is 41.3 Å². The second-order valence-electron chi connectivity index (χ2n) is 6.44. The van der Waals surface area contributed by atoms with Crippen molar-refractivity contribution in [1.82, 2.24) is 5.32 Å². The number of rotatable bonds is 6. The van der Waals surface area contributed by atoms with Gasteiger partial charge in [-0.25, -0.2) is 4.79 Å². The molecule has 24 heavy (non-hydrogen) atoms. The van der Waals surface area contributed by atoms with E-state index in [0.717, 1.165) is 36.8 Å². The van der Waals surface area contributed by atoms with E-state index in [1.165, 1.54) is 0 Å². The molecule has 1 aliphatic rings. The number of aliphatic hydroxyl groups excluding tert-OH is 1. The summed E-state index contributed by atoms with van der Waals surface area (Å²) in [6, 6.07) is 3.38. The van der Waals surface area contributed by atoms with Crippen molar-refractivity contribution in [2.75, 3.05) is 13.2 Å². The van der Waals surface area contributed by atoms with Gasteiger partial charge in [-0.3, -0.25) is 4.79 Å². The summed E-state index contributed by atoms with van der Waals surface area (Å²) in [7, 11) is 0. The molecular weight excluding hydrogens is 310 g/mol. The molecule has 2 rings (SSSR count). The molecule has 6 heteroatoms. The van der Waals surface area contributed by atoms with Crippen LogP contribution < -0.4 is 10.1 Å². The van der Waals surface area contributed by atoms with Crippen LogP contribution >= 0.6 is 0 Å². The molecule has 0 aromatic heterocycles. The minimum absolute atomic E-state index is 0.114. The second kappa shape index (κ2) is 8.15. The van der Waals surface area contributed by atoms with Gasteiger partial charge in [-0.2, -0.15) is 0 Å². The molecule has 2 atom stereocenters. The molecule has 132 valence electrons. The van der Waals surface area contributed by atoms with Gasteiger partial charge in [-0.05, 0) is 49.9 Å². The largest absolute Gasteiger partial charge is 0.481 e. The van der Waals surface area contributed by atoms with E-state index in [0.29, 0.717) is 17.9 Å². The number of carboxylic acids is 1. The first-order valence-corrected chi connectivity index (χ1v) is 8.30. The van der Waals surface area contributed by atoms with Gasteiger partial charge in [0.25, 0.3) is 5.91 Å². The molecule has 1 aromatic rings. The first-order valence-electron chi connectivity index (χ1n) is 8.30. The number of benzene rings is 1. The minimum Gasteiger partial charge on any atom is -0.481 e. The molecule has 0 aliphatic heterocycles. The number of nitrogens with one attached hydrogen (secondary N) is 1. The Morgan fingerprint density at radius 2 is 1.83 bits per heavy atom. The fraction of sp³-hybridized carbons (Fsp3) is 0.556. The molecule has 3 N–H and O–H groups in total. The van der Waals surface area contributed by atoms with Crippen molar-refractivity contribution in [3.05, 3.63) is 28.8 Å². The van der Waals surface area contributed by atoms with Crippen LogP contribution in [0, 0.1) is 19.8 Å². The molecule has 1 aliphatic carbocycles. The van der Waals surface area contributed by atoms with Gasteiger partial charge in [0.1, 0.15) is 5.75 Å². The molecule has 1 amide bonds. The molecule has 0 radical (unpaired) electrons. The number of amides is 1. The SMILES string of the molecule is Cc1cc(C(=O)NC[C@@H]2CCCC[C@@H]2O)cc(C)c1OCC(=O)O. The lowest BCUT2D eigenvalue weighted by Crippen LogP contribution is -2.36. The van der Waals surface area contributed by atoms with E-state index in [1.807, 2.05) is 0 Å². The Morgan fingerprint density at radius 3 is 2.42 bits per heavy atom. The molecule has 0 heterocycles. The minimum atomic E-state index is -1.04. The fourth-order valence-electron chi connectivity index (χ4n) is 3.19. The summed E-state index contributed by atoms with van der Waals surface area (Å²) in [6.45, 7) is 3.62. The summed E-state index contributed by atoms with van der Waals surface area (Å²) in [5.41, 5.74) is 1.95. The maximum atomic E-state index is 12.3. The predicted octanol–water partition coefficient (Wildman–Crippen LogP) is 2.05. The number of carboxylic acid groups (broad SMARTS) is 1. The standard InChI is InChI=1S/C18H25NO5/c1-11-7-14(8-12(2)17(11)24-10-16(21)22)18(23)19-9-13-5-3-4-6-15(13)20/h7-8,13,15,20H,3-6,9-10H2,1-2H3,(H,19,23)(H,21,22)/t13-,15-/m0/s1. The highest BCUT2D eigenvalue weighted by molar-refractivity contribution is 5.94. The van der Waals surface area contributed by atoms with Crippen molar-refractivity contribution in [2.45, 2.75) is 45.6 Å². The van der Waals surface area contributed by atoms with Gasteiger partial charge in [-0.1, -0.05) is 12.8 Å². The highest BCUT2D eigenvalue weighted by Crippen LogP contribution is 2.26. The quantitative estimate of drug-likeness (QED) is 0.739. The maximum Gasteiger partial charge on any atom is 0.341 e. The van der Waals surface area contributed by atoms with Crippen LogP contribution in [0.15, 0.2) is 12.1 Å². The number of aliphatic hydroxyl groups is 1. The third-order valence-corrected chi connectivity index (χ3v) is 4.46. The number of carbonyl (C=O) groups excluding carboxylic acids is 1. The van der Waals surface area contributed by atoms with E-state index < -0.39 is 12.6 Å².